The molecule has 0 atom stereocenters. The number of pyridine rings is 1. The maximum atomic E-state index is 12.7. The van der Waals surface area contributed by atoms with Crippen molar-refractivity contribution in [2.75, 3.05) is 19.0 Å². The van der Waals surface area contributed by atoms with Gasteiger partial charge in [-0.05, 0) is 32.8 Å². The summed E-state index contributed by atoms with van der Waals surface area (Å²) >= 11 is 0. The predicted octanol–water partition coefficient (Wildman–Crippen LogP) is 3.08. The van der Waals surface area contributed by atoms with Gasteiger partial charge >= 0.3 is 0 Å². The molecular weight excluding hydrogens is 268 g/mol. The molecular formula is C16H24N2O3. The molecule has 1 aromatic heterocycles. The molecule has 1 heterocycles. The highest BCUT2D eigenvalue weighted by atomic mass is 16.5. The molecule has 1 N–H and O–H groups in total. The third-order valence-electron chi connectivity index (χ3n) is 3.98. The number of anilines is 1. The van der Waals surface area contributed by atoms with Gasteiger partial charge in [0.1, 0.15) is 5.60 Å². The van der Waals surface area contributed by atoms with E-state index in [4.69, 9.17) is 9.47 Å². The zero-order valence-corrected chi connectivity index (χ0v) is 13.1. The van der Waals surface area contributed by atoms with E-state index in [-0.39, 0.29) is 5.91 Å². The van der Waals surface area contributed by atoms with E-state index in [2.05, 4.69) is 10.3 Å². The van der Waals surface area contributed by atoms with Gasteiger partial charge in [0.15, 0.2) is 0 Å². The van der Waals surface area contributed by atoms with Crippen LogP contribution in [-0.2, 0) is 9.53 Å². The summed E-state index contributed by atoms with van der Waals surface area (Å²) in [6, 6.07) is 1.87. The van der Waals surface area contributed by atoms with Crippen LogP contribution in [0.1, 0.15) is 44.6 Å². The molecule has 0 radical (unpaired) electrons. The standard InChI is InChI=1S/C16H24N2O3/c1-4-21-16(8-6-5-7-9-16)15(19)18-13-10-12(2)14(20-3)17-11-13/h10-11H,4-9H2,1-3H3,(H,18,19). The lowest BCUT2D eigenvalue weighted by molar-refractivity contribution is -0.145. The van der Waals surface area contributed by atoms with Crippen LogP contribution in [0.2, 0.25) is 0 Å². The number of amides is 1. The van der Waals surface area contributed by atoms with Crippen molar-refractivity contribution in [1.82, 2.24) is 4.98 Å². The van der Waals surface area contributed by atoms with E-state index in [1.807, 2.05) is 19.9 Å². The number of aryl methyl sites for hydroxylation is 1. The molecule has 21 heavy (non-hydrogen) atoms. The summed E-state index contributed by atoms with van der Waals surface area (Å²) in [5.41, 5.74) is 0.897. The fraction of sp³-hybridized carbons (Fsp3) is 0.625. The molecule has 2 rings (SSSR count). The van der Waals surface area contributed by atoms with Crippen LogP contribution in [0.4, 0.5) is 5.69 Å². The van der Waals surface area contributed by atoms with Gasteiger partial charge in [0.25, 0.3) is 5.91 Å². The van der Waals surface area contributed by atoms with Crippen molar-refractivity contribution in [3.05, 3.63) is 17.8 Å². The van der Waals surface area contributed by atoms with Crippen molar-refractivity contribution in [3.8, 4) is 5.88 Å². The number of carbonyl (C=O) groups is 1. The number of rotatable bonds is 5. The topological polar surface area (TPSA) is 60.5 Å². The molecule has 1 amide bonds. The van der Waals surface area contributed by atoms with Gasteiger partial charge in [0.05, 0.1) is 19.0 Å². The van der Waals surface area contributed by atoms with Gasteiger partial charge in [0, 0.05) is 12.2 Å². The van der Waals surface area contributed by atoms with E-state index in [1.54, 1.807) is 13.3 Å². The minimum Gasteiger partial charge on any atom is -0.481 e. The molecule has 1 aromatic rings. The summed E-state index contributed by atoms with van der Waals surface area (Å²) in [5.74, 6) is 0.514. The Balaban J connectivity index is 2.13. The number of aromatic nitrogens is 1. The van der Waals surface area contributed by atoms with Crippen molar-refractivity contribution < 1.29 is 14.3 Å². The summed E-state index contributed by atoms with van der Waals surface area (Å²) in [7, 11) is 1.58. The highest BCUT2D eigenvalue weighted by Gasteiger charge is 2.40. The van der Waals surface area contributed by atoms with Gasteiger partial charge in [-0.3, -0.25) is 4.79 Å². The molecule has 1 fully saturated rings. The zero-order valence-electron chi connectivity index (χ0n) is 13.1. The zero-order chi connectivity index (χ0) is 15.3. The quantitative estimate of drug-likeness (QED) is 0.906. The van der Waals surface area contributed by atoms with Gasteiger partial charge in [0.2, 0.25) is 5.88 Å². The Bertz CT molecular complexity index is 491. The smallest absolute Gasteiger partial charge is 0.256 e. The normalized spacial score (nSPS) is 17.3. The molecule has 0 bridgehead atoms. The SMILES string of the molecule is CCOC1(C(=O)Nc2cnc(OC)c(C)c2)CCCCC1. The van der Waals surface area contributed by atoms with Gasteiger partial charge in [-0.1, -0.05) is 19.3 Å². The van der Waals surface area contributed by atoms with E-state index < -0.39 is 5.60 Å². The highest BCUT2D eigenvalue weighted by molar-refractivity contribution is 5.97. The Morgan fingerprint density at radius 1 is 1.38 bits per heavy atom. The molecule has 116 valence electrons. The molecule has 0 saturated heterocycles. The van der Waals surface area contributed by atoms with Crippen molar-refractivity contribution in [1.29, 1.82) is 0 Å². The lowest BCUT2D eigenvalue weighted by atomic mass is 9.83. The number of carbonyl (C=O) groups excluding carboxylic acids is 1. The average Bonchev–Trinajstić information content (AvgIpc) is 2.48. The van der Waals surface area contributed by atoms with Crippen LogP contribution in [0.3, 0.4) is 0 Å². The number of ether oxygens (including phenoxy) is 2. The summed E-state index contributed by atoms with van der Waals surface area (Å²) in [5, 5.41) is 2.95. The molecule has 5 nitrogen and oxygen atoms in total. The molecule has 0 unspecified atom stereocenters. The third-order valence-corrected chi connectivity index (χ3v) is 3.98. The Morgan fingerprint density at radius 3 is 2.67 bits per heavy atom. The molecule has 1 aliphatic carbocycles. The average molecular weight is 292 g/mol. The second-order valence-electron chi connectivity index (χ2n) is 5.49. The van der Waals surface area contributed by atoms with Crippen LogP contribution in [0, 0.1) is 6.92 Å². The molecule has 1 saturated carbocycles. The first-order valence-electron chi connectivity index (χ1n) is 7.57. The molecule has 5 heteroatoms. The third kappa shape index (κ3) is 3.53. The Morgan fingerprint density at radius 2 is 2.10 bits per heavy atom. The maximum Gasteiger partial charge on any atom is 0.256 e. The van der Waals surface area contributed by atoms with Crippen molar-refractivity contribution in [3.63, 3.8) is 0 Å². The summed E-state index contributed by atoms with van der Waals surface area (Å²) in [6.07, 6.45) is 6.43. The van der Waals surface area contributed by atoms with Crippen LogP contribution in [-0.4, -0.2) is 30.2 Å². The monoisotopic (exact) mass is 292 g/mol. The molecule has 0 aliphatic heterocycles. The number of hydrogen-bond donors (Lipinski definition) is 1. The first kappa shape index (κ1) is 15.8. The van der Waals surface area contributed by atoms with E-state index >= 15 is 0 Å². The molecule has 0 spiro atoms. The van der Waals surface area contributed by atoms with Gasteiger partial charge < -0.3 is 14.8 Å². The van der Waals surface area contributed by atoms with Crippen LogP contribution in [0.15, 0.2) is 12.3 Å². The van der Waals surface area contributed by atoms with Crippen LogP contribution in [0.25, 0.3) is 0 Å². The summed E-state index contributed by atoms with van der Waals surface area (Å²) in [6.45, 7) is 4.39. The fourth-order valence-electron chi connectivity index (χ4n) is 2.93. The Kier molecular flexibility index (Phi) is 5.17. The van der Waals surface area contributed by atoms with Crippen LogP contribution >= 0.6 is 0 Å². The minimum absolute atomic E-state index is 0.0598. The number of methoxy groups -OCH3 is 1. The number of nitrogens with one attached hydrogen (secondary N) is 1. The Labute approximate surface area is 126 Å². The predicted molar refractivity (Wildman–Crippen MR) is 81.6 cm³/mol. The first-order chi connectivity index (χ1) is 10.1. The van der Waals surface area contributed by atoms with Gasteiger partial charge in [-0.15, -0.1) is 0 Å². The van der Waals surface area contributed by atoms with Crippen LogP contribution in [0.5, 0.6) is 5.88 Å². The first-order valence-corrected chi connectivity index (χ1v) is 7.57. The summed E-state index contributed by atoms with van der Waals surface area (Å²) in [4.78, 5) is 16.8. The largest absolute Gasteiger partial charge is 0.481 e. The molecule has 1 aliphatic rings. The van der Waals surface area contributed by atoms with Gasteiger partial charge in [-0.25, -0.2) is 4.98 Å². The number of hydrogen-bond acceptors (Lipinski definition) is 4. The Hall–Kier alpha value is -1.62. The van der Waals surface area contributed by atoms with E-state index in [9.17, 15) is 4.79 Å². The molecule has 0 aromatic carbocycles. The van der Waals surface area contributed by atoms with E-state index in [0.29, 0.717) is 18.2 Å². The van der Waals surface area contributed by atoms with Gasteiger partial charge in [-0.2, -0.15) is 0 Å². The number of nitrogens with zero attached hydrogens (tertiary/aromatic N) is 1. The van der Waals surface area contributed by atoms with E-state index in [1.165, 1.54) is 6.42 Å². The van der Waals surface area contributed by atoms with E-state index in [0.717, 1.165) is 31.2 Å². The maximum absolute atomic E-state index is 12.7. The minimum atomic E-state index is -0.680. The van der Waals surface area contributed by atoms with Crippen molar-refractivity contribution in [2.24, 2.45) is 0 Å². The second kappa shape index (κ2) is 6.89. The summed E-state index contributed by atoms with van der Waals surface area (Å²) < 4.78 is 11.0. The van der Waals surface area contributed by atoms with Crippen LogP contribution < -0.4 is 10.1 Å². The fourth-order valence-corrected chi connectivity index (χ4v) is 2.93. The van der Waals surface area contributed by atoms with Crippen molar-refractivity contribution >= 4 is 11.6 Å². The lowest BCUT2D eigenvalue weighted by Gasteiger charge is -2.35. The highest BCUT2D eigenvalue weighted by Crippen LogP contribution is 2.33. The van der Waals surface area contributed by atoms with Crippen molar-refractivity contribution in [2.45, 2.75) is 51.6 Å². The second-order valence-corrected chi connectivity index (χ2v) is 5.49. The lowest BCUT2D eigenvalue weighted by Crippen LogP contribution is -2.47.